The first-order valence-corrected chi connectivity index (χ1v) is 15.1. The van der Waals surface area contributed by atoms with Gasteiger partial charge in [-0.25, -0.2) is 9.59 Å². The van der Waals surface area contributed by atoms with E-state index in [0.717, 1.165) is 51.4 Å². The number of rotatable bonds is 8. The minimum absolute atomic E-state index is 0.0405. The van der Waals surface area contributed by atoms with Crippen LogP contribution in [0.1, 0.15) is 98.8 Å². The van der Waals surface area contributed by atoms with E-state index in [1.807, 2.05) is 0 Å². The quantitative estimate of drug-likeness (QED) is 0.190. The molecule has 0 aromatic rings. The lowest BCUT2D eigenvalue weighted by molar-refractivity contribution is -0.196. The van der Waals surface area contributed by atoms with Gasteiger partial charge in [0.1, 0.15) is 12.2 Å². The van der Waals surface area contributed by atoms with Gasteiger partial charge in [0.15, 0.2) is 0 Å². The van der Waals surface area contributed by atoms with Gasteiger partial charge in [-0.15, -0.1) is 0 Å². The second-order valence-electron chi connectivity index (χ2n) is 13.8. The molecule has 0 bridgehead atoms. The number of carbonyl (C=O) groups is 3. The van der Waals surface area contributed by atoms with Crippen molar-refractivity contribution in [3.8, 4) is 0 Å². The summed E-state index contributed by atoms with van der Waals surface area (Å²) in [6.45, 7) is 18.1. The van der Waals surface area contributed by atoms with Crippen molar-refractivity contribution in [2.45, 2.75) is 111 Å². The van der Waals surface area contributed by atoms with Gasteiger partial charge in [0.25, 0.3) is 0 Å². The normalized spacial score (nSPS) is 39.8. The maximum atomic E-state index is 13.0. The molecule has 4 saturated carbocycles. The lowest BCUT2D eigenvalue weighted by Crippen LogP contribution is -2.59. The van der Waals surface area contributed by atoms with Crippen LogP contribution in [0.3, 0.4) is 0 Å². The number of hydrogen-bond donors (Lipinski definition) is 0. The molecule has 0 heterocycles. The predicted octanol–water partition coefficient (Wildman–Crippen LogP) is 6.82. The average molecular weight is 543 g/mol. The molecule has 4 fully saturated rings. The molecule has 218 valence electrons. The van der Waals surface area contributed by atoms with Crippen molar-refractivity contribution < 1.29 is 28.6 Å². The molecule has 0 aliphatic heterocycles. The summed E-state index contributed by atoms with van der Waals surface area (Å²) in [5, 5.41) is 0. The van der Waals surface area contributed by atoms with Gasteiger partial charge >= 0.3 is 17.9 Å². The van der Waals surface area contributed by atoms with Crippen molar-refractivity contribution in [3.05, 3.63) is 24.3 Å². The fraction of sp³-hybridized carbons (Fsp3) is 0.788. The van der Waals surface area contributed by atoms with Crippen LogP contribution in [0, 0.1) is 46.3 Å². The summed E-state index contributed by atoms with van der Waals surface area (Å²) in [7, 11) is 1.45. The SMILES string of the molecule is C=C(C)C(=O)O[C@@H]1CC[C@@]2(C)C(CCC3C2C[C@H](OC(=O)C(=C)C)[C@]2(C)C(C(C)CCC(=O)OC)CCC32)C1. The first-order chi connectivity index (χ1) is 18.3. The van der Waals surface area contributed by atoms with Crippen LogP contribution in [0.15, 0.2) is 24.3 Å². The number of esters is 3. The molecule has 6 unspecified atom stereocenters. The van der Waals surface area contributed by atoms with Gasteiger partial charge in [-0.3, -0.25) is 4.79 Å². The molecule has 10 atom stereocenters. The van der Waals surface area contributed by atoms with Crippen LogP contribution in [0.4, 0.5) is 0 Å². The van der Waals surface area contributed by atoms with E-state index < -0.39 is 0 Å². The molecule has 0 spiro atoms. The standard InChI is InChI=1S/C33H50O6/c1-19(2)30(35)38-23-15-16-32(6)22(17-23)10-11-24-26-13-12-25(21(5)9-14-29(34)37-8)33(26,7)28(18-27(24)32)39-31(36)20(3)4/h21-28H,1,3,9-18H2,2,4-8H3/t21?,22?,23-,24?,25?,26?,27?,28+,32+,33-/m1/s1. The molecule has 0 aromatic heterocycles. The minimum Gasteiger partial charge on any atom is -0.469 e. The molecule has 39 heavy (non-hydrogen) atoms. The highest BCUT2D eigenvalue weighted by atomic mass is 16.5. The minimum atomic E-state index is -0.292. The van der Waals surface area contributed by atoms with E-state index in [4.69, 9.17) is 14.2 Å². The van der Waals surface area contributed by atoms with Gasteiger partial charge in [-0.2, -0.15) is 0 Å². The fourth-order valence-corrected chi connectivity index (χ4v) is 9.53. The third-order valence-corrected chi connectivity index (χ3v) is 11.7. The molecule has 0 saturated heterocycles. The summed E-state index contributed by atoms with van der Waals surface area (Å²) in [5.74, 6) is 2.05. The van der Waals surface area contributed by atoms with E-state index in [-0.39, 0.29) is 40.9 Å². The molecule has 0 aromatic carbocycles. The van der Waals surface area contributed by atoms with Crippen LogP contribution in [0.5, 0.6) is 0 Å². The van der Waals surface area contributed by atoms with E-state index in [9.17, 15) is 14.4 Å². The van der Waals surface area contributed by atoms with E-state index >= 15 is 0 Å². The molecule has 4 rings (SSSR count). The van der Waals surface area contributed by atoms with Gasteiger partial charge < -0.3 is 14.2 Å². The Morgan fingerprint density at radius 2 is 1.56 bits per heavy atom. The first kappa shape index (κ1) is 29.9. The number of methoxy groups -OCH3 is 1. The van der Waals surface area contributed by atoms with Crippen LogP contribution in [-0.2, 0) is 28.6 Å². The predicted molar refractivity (Wildman–Crippen MR) is 150 cm³/mol. The third kappa shape index (κ3) is 5.46. The zero-order valence-corrected chi connectivity index (χ0v) is 25.1. The van der Waals surface area contributed by atoms with Crippen molar-refractivity contribution in [2.24, 2.45) is 46.3 Å². The zero-order valence-electron chi connectivity index (χ0n) is 25.1. The Labute approximate surface area is 235 Å². The second-order valence-corrected chi connectivity index (χ2v) is 13.8. The van der Waals surface area contributed by atoms with Crippen molar-refractivity contribution in [3.63, 3.8) is 0 Å². The van der Waals surface area contributed by atoms with E-state index in [1.54, 1.807) is 13.8 Å². The van der Waals surface area contributed by atoms with Gasteiger partial charge in [-0.05, 0) is 113 Å². The van der Waals surface area contributed by atoms with Crippen LogP contribution in [0.2, 0.25) is 0 Å². The van der Waals surface area contributed by atoms with Crippen molar-refractivity contribution >= 4 is 17.9 Å². The molecular weight excluding hydrogens is 492 g/mol. The number of fused-ring (bicyclic) bond motifs is 5. The molecule has 4 aliphatic rings. The summed E-state index contributed by atoms with van der Waals surface area (Å²) in [4.78, 5) is 37.1. The topological polar surface area (TPSA) is 78.9 Å². The summed E-state index contributed by atoms with van der Waals surface area (Å²) in [5.41, 5.74) is 0.911. The molecule has 0 amide bonds. The summed E-state index contributed by atoms with van der Waals surface area (Å²) in [6, 6.07) is 0. The first-order valence-electron chi connectivity index (χ1n) is 15.1. The molecule has 0 N–H and O–H groups in total. The highest BCUT2D eigenvalue weighted by Gasteiger charge is 2.65. The molecular formula is C33H50O6. The van der Waals surface area contributed by atoms with E-state index in [0.29, 0.717) is 53.1 Å². The van der Waals surface area contributed by atoms with Gasteiger partial charge in [0.05, 0.1) is 7.11 Å². The average Bonchev–Trinajstić information content (AvgIpc) is 3.25. The highest BCUT2D eigenvalue weighted by Crippen LogP contribution is 2.69. The van der Waals surface area contributed by atoms with Crippen LogP contribution >= 0.6 is 0 Å². The smallest absolute Gasteiger partial charge is 0.333 e. The Morgan fingerprint density at radius 1 is 0.897 bits per heavy atom. The largest absolute Gasteiger partial charge is 0.469 e. The number of ether oxygens (including phenoxy) is 3. The van der Waals surface area contributed by atoms with E-state index in [1.165, 1.54) is 13.5 Å². The van der Waals surface area contributed by atoms with Crippen LogP contribution in [0.25, 0.3) is 0 Å². The van der Waals surface area contributed by atoms with Crippen molar-refractivity contribution in [1.82, 2.24) is 0 Å². The van der Waals surface area contributed by atoms with Gasteiger partial charge in [0.2, 0.25) is 0 Å². The Morgan fingerprint density at radius 3 is 2.21 bits per heavy atom. The van der Waals surface area contributed by atoms with Gasteiger partial charge in [-0.1, -0.05) is 33.9 Å². The Balaban J connectivity index is 1.59. The zero-order chi connectivity index (χ0) is 28.7. The maximum absolute atomic E-state index is 13.0. The maximum Gasteiger partial charge on any atom is 0.333 e. The molecule has 4 aliphatic carbocycles. The lowest BCUT2D eigenvalue weighted by atomic mass is 9.43. The summed E-state index contributed by atoms with van der Waals surface area (Å²) in [6.07, 6.45) is 9.27. The molecule has 0 radical (unpaired) electrons. The monoisotopic (exact) mass is 542 g/mol. The summed E-state index contributed by atoms with van der Waals surface area (Å²) < 4.78 is 17.1. The Bertz CT molecular complexity index is 1000. The van der Waals surface area contributed by atoms with Gasteiger partial charge in [0, 0.05) is 23.0 Å². The van der Waals surface area contributed by atoms with E-state index in [2.05, 4.69) is 33.9 Å². The van der Waals surface area contributed by atoms with Crippen LogP contribution < -0.4 is 0 Å². The molecule has 6 nitrogen and oxygen atoms in total. The Hall–Kier alpha value is -2.11. The summed E-state index contributed by atoms with van der Waals surface area (Å²) >= 11 is 0. The number of carbonyl (C=O) groups excluding carboxylic acids is 3. The number of hydrogen-bond acceptors (Lipinski definition) is 6. The van der Waals surface area contributed by atoms with Crippen molar-refractivity contribution in [1.29, 1.82) is 0 Å². The lowest BCUT2D eigenvalue weighted by Gasteiger charge is -2.62. The third-order valence-electron chi connectivity index (χ3n) is 11.7. The fourth-order valence-electron chi connectivity index (χ4n) is 9.53. The van der Waals surface area contributed by atoms with Crippen LogP contribution in [-0.4, -0.2) is 37.2 Å². The highest BCUT2D eigenvalue weighted by molar-refractivity contribution is 5.87. The second kappa shape index (κ2) is 11.4. The molecule has 6 heteroatoms. The Kier molecular flexibility index (Phi) is 8.73. The van der Waals surface area contributed by atoms with Crippen molar-refractivity contribution in [2.75, 3.05) is 7.11 Å².